The van der Waals surface area contributed by atoms with E-state index in [2.05, 4.69) is 16.0 Å². The number of carbonyl (C=O) groups excluding carboxylic acids is 2. The number of aliphatic hydroxyl groups excluding tert-OH is 1. The maximum Gasteiger partial charge on any atom is 0.239 e. The van der Waals surface area contributed by atoms with Crippen LogP contribution in [0.5, 0.6) is 0 Å². The summed E-state index contributed by atoms with van der Waals surface area (Å²) in [4.78, 5) is 26.4. The normalized spacial score (nSPS) is 15.2. The molecule has 1 saturated carbocycles. The van der Waals surface area contributed by atoms with Gasteiger partial charge >= 0.3 is 0 Å². The number of anilines is 1. The molecule has 0 aliphatic heterocycles. The lowest BCUT2D eigenvalue weighted by Gasteiger charge is -2.34. The van der Waals surface area contributed by atoms with Crippen LogP contribution in [0.1, 0.15) is 43.4 Å². The molecular weight excluding hydrogens is 607 g/mol. The van der Waals surface area contributed by atoms with E-state index in [1.54, 1.807) is 17.1 Å². The molecule has 0 bridgehead atoms. The van der Waals surface area contributed by atoms with E-state index in [4.69, 9.17) is 5.73 Å². The first-order chi connectivity index (χ1) is 21.9. The van der Waals surface area contributed by atoms with E-state index in [-0.39, 0.29) is 37.3 Å². The largest absolute Gasteiger partial charge is 0.398 e. The molecule has 2 atom stereocenters. The van der Waals surface area contributed by atoms with Crippen molar-refractivity contribution >= 4 is 29.4 Å². The zero-order valence-electron chi connectivity index (χ0n) is 26.6. The molecule has 0 spiro atoms. The number of rotatable bonds is 17. The summed E-state index contributed by atoms with van der Waals surface area (Å²) in [5, 5.41) is 32.8. The number of benzene rings is 3. The van der Waals surface area contributed by atoms with Crippen LogP contribution < -0.4 is 21.7 Å². The number of amides is 2. The number of aliphatic hydroxyl groups is 1. The number of aryl methyl sites for hydroxylation is 1. The standard InChI is InChI=1S/C34H45FN6O4S/c1-23(2)21-40(41(45)46-28-13-12-24(3)29(36)18-28)22-31(42)30(16-25-8-5-4-6-9-25)39-33(44)19-37-32(43)20-38-34(14-15-34)26-10-7-11-27(35)17-26/h4-13,17-18,23,30-31,38,42,45H,14-16,19-22,36H2,1-3H3,(H,37,43)(H,39,44). The zero-order chi connectivity index (χ0) is 33.3. The van der Waals surface area contributed by atoms with Gasteiger partial charge in [-0.15, -0.1) is 0 Å². The minimum atomic E-state index is -1.07. The van der Waals surface area contributed by atoms with Crippen molar-refractivity contribution in [2.45, 2.75) is 62.6 Å². The summed E-state index contributed by atoms with van der Waals surface area (Å²) in [6.45, 7) is 6.08. The molecule has 0 radical (unpaired) electrons. The van der Waals surface area contributed by atoms with Gasteiger partial charge in [0.1, 0.15) is 5.82 Å². The number of nitrogens with two attached hydrogens (primary N) is 1. The molecule has 2 unspecified atom stereocenters. The highest BCUT2D eigenvalue weighted by atomic mass is 32.2. The number of nitrogens with one attached hydrogen (secondary N) is 3. The third-order valence-corrected chi connectivity index (χ3v) is 8.78. The molecule has 3 aromatic rings. The predicted octanol–water partition coefficient (Wildman–Crippen LogP) is 3.77. The molecule has 2 amide bonds. The SMILES string of the molecule is Cc1ccc(SN(O)N(CC(C)C)CC(O)C(Cc2ccccc2)NC(=O)CNC(=O)CNC2(c3cccc(F)c3)CC2)cc1N. The Bertz CT molecular complexity index is 1460. The fourth-order valence-electron chi connectivity index (χ4n) is 5.18. The average molecular weight is 653 g/mol. The first-order valence-electron chi connectivity index (χ1n) is 15.5. The van der Waals surface area contributed by atoms with E-state index in [1.165, 1.54) is 12.1 Å². The van der Waals surface area contributed by atoms with Crippen LogP contribution in [0.3, 0.4) is 0 Å². The van der Waals surface area contributed by atoms with Gasteiger partial charge in [0.2, 0.25) is 11.8 Å². The van der Waals surface area contributed by atoms with Crippen molar-refractivity contribution in [1.82, 2.24) is 25.5 Å². The summed E-state index contributed by atoms with van der Waals surface area (Å²) < 4.78 is 14.7. The Labute approximate surface area is 274 Å². The molecule has 0 aromatic heterocycles. The van der Waals surface area contributed by atoms with Gasteiger partial charge in [-0.05, 0) is 73.1 Å². The number of nitrogens with zero attached hydrogens (tertiary/aromatic N) is 2. The number of hydrogen-bond donors (Lipinski definition) is 6. The van der Waals surface area contributed by atoms with Gasteiger partial charge in [-0.3, -0.25) is 20.1 Å². The molecule has 4 rings (SSSR count). The molecule has 1 aliphatic carbocycles. The minimum absolute atomic E-state index is 0.0270. The molecule has 10 nitrogen and oxygen atoms in total. The maximum atomic E-state index is 13.7. The van der Waals surface area contributed by atoms with Crippen molar-refractivity contribution in [1.29, 1.82) is 0 Å². The highest BCUT2D eigenvalue weighted by molar-refractivity contribution is 7.96. The van der Waals surface area contributed by atoms with E-state index >= 15 is 0 Å². The number of nitrogen functional groups attached to an aromatic ring is 1. The lowest BCUT2D eigenvalue weighted by molar-refractivity contribution is -0.174. The van der Waals surface area contributed by atoms with Gasteiger partial charge in [0.15, 0.2) is 0 Å². The average Bonchev–Trinajstić information content (AvgIpc) is 3.82. The van der Waals surface area contributed by atoms with Gasteiger partial charge < -0.3 is 21.5 Å². The summed E-state index contributed by atoms with van der Waals surface area (Å²) in [7, 11) is 0. The summed E-state index contributed by atoms with van der Waals surface area (Å²) >= 11 is 1.07. The van der Waals surface area contributed by atoms with Crippen LogP contribution in [0, 0.1) is 18.7 Å². The van der Waals surface area contributed by atoms with Crippen LogP contribution >= 0.6 is 11.9 Å². The van der Waals surface area contributed by atoms with Crippen LogP contribution in [-0.4, -0.2) is 70.0 Å². The van der Waals surface area contributed by atoms with E-state index in [9.17, 15) is 24.3 Å². The Morgan fingerprint density at radius 1 is 1.00 bits per heavy atom. The summed E-state index contributed by atoms with van der Waals surface area (Å²) in [5.74, 6) is -0.994. The second kappa shape index (κ2) is 16.3. The van der Waals surface area contributed by atoms with Gasteiger partial charge in [-0.1, -0.05) is 67.0 Å². The van der Waals surface area contributed by atoms with Crippen LogP contribution in [0.25, 0.3) is 0 Å². The molecule has 0 heterocycles. The maximum absolute atomic E-state index is 13.7. The van der Waals surface area contributed by atoms with Crippen molar-refractivity contribution < 1.29 is 24.3 Å². The number of hydrazine groups is 1. The Morgan fingerprint density at radius 2 is 1.74 bits per heavy atom. The molecule has 1 aliphatic rings. The van der Waals surface area contributed by atoms with Crippen molar-refractivity contribution in [3.8, 4) is 0 Å². The van der Waals surface area contributed by atoms with Crippen LogP contribution in [-0.2, 0) is 21.5 Å². The Balaban J connectivity index is 1.36. The number of carbonyl (C=O) groups is 2. The molecule has 12 heteroatoms. The number of halogens is 1. The van der Waals surface area contributed by atoms with Crippen LogP contribution in [0.15, 0.2) is 77.7 Å². The van der Waals surface area contributed by atoms with Crippen molar-refractivity contribution in [2.24, 2.45) is 5.92 Å². The van der Waals surface area contributed by atoms with E-state index in [1.807, 2.05) is 69.3 Å². The summed E-state index contributed by atoms with van der Waals surface area (Å²) in [6.07, 6.45) is 0.849. The Morgan fingerprint density at radius 3 is 2.39 bits per heavy atom. The lowest BCUT2D eigenvalue weighted by Crippen LogP contribution is -2.54. The van der Waals surface area contributed by atoms with Gasteiger partial charge in [-0.25, -0.2) is 9.40 Å². The smallest absolute Gasteiger partial charge is 0.239 e. The molecule has 3 aromatic carbocycles. The quantitative estimate of drug-likeness (QED) is 0.0730. The van der Waals surface area contributed by atoms with Crippen molar-refractivity contribution in [3.05, 3.63) is 95.3 Å². The summed E-state index contributed by atoms with van der Waals surface area (Å²) in [6, 6.07) is 20.6. The van der Waals surface area contributed by atoms with Gasteiger partial charge in [0.05, 0.1) is 25.2 Å². The monoisotopic (exact) mass is 652 g/mol. The second-order valence-electron chi connectivity index (χ2n) is 12.3. The van der Waals surface area contributed by atoms with Crippen molar-refractivity contribution in [3.63, 3.8) is 0 Å². The third kappa shape index (κ3) is 10.5. The molecule has 46 heavy (non-hydrogen) atoms. The lowest BCUT2D eigenvalue weighted by atomic mass is 10.0. The Kier molecular flexibility index (Phi) is 12.6. The van der Waals surface area contributed by atoms with Gasteiger partial charge in [0, 0.05) is 41.2 Å². The molecule has 248 valence electrons. The predicted molar refractivity (Wildman–Crippen MR) is 178 cm³/mol. The van der Waals surface area contributed by atoms with Crippen LogP contribution in [0.4, 0.5) is 10.1 Å². The van der Waals surface area contributed by atoms with Gasteiger partial charge in [0.25, 0.3) is 0 Å². The highest BCUT2D eigenvalue weighted by Gasteiger charge is 2.44. The summed E-state index contributed by atoms with van der Waals surface area (Å²) in [5.41, 5.74) is 8.88. The number of hydrogen-bond acceptors (Lipinski definition) is 9. The molecule has 7 N–H and O–H groups in total. The van der Waals surface area contributed by atoms with E-state index in [0.717, 1.165) is 51.0 Å². The van der Waals surface area contributed by atoms with E-state index < -0.39 is 23.6 Å². The first-order valence-corrected chi connectivity index (χ1v) is 16.3. The highest BCUT2D eigenvalue weighted by Crippen LogP contribution is 2.45. The van der Waals surface area contributed by atoms with Crippen LogP contribution in [0.2, 0.25) is 0 Å². The fourth-order valence-corrected chi connectivity index (χ4v) is 5.93. The molecule has 1 fully saturated rings. The van der Waals surface area contributed by atoms with Gasteiger partial charge in [-0.2, -0.15) is 0 Å². The third-order valence-electron chi connectivity index (χ3n) is 7.92. The zero-order valence-corrected chi connectivity index (χ0v) is 27.4. The van der Waals surface area contributed by atoms with E-state index in [0.29, 0.717) is 18.7 Å². The second-order valence-corrected chi connectivity index (χ2v) is 13.3. The topological polar surface area (TPSA) is 143 Å². The molecular formula is C34H45FN6O4S. The fraction of sp³-hybridized carbons (Fsp3) is 0.412. The minimum Gasteiger partial charge on any atom is -0.398 e. The van der Waals surface area contributed by atoms with Crippen molar-refractivity contribution in [2.75, 3.05) is 31.9 Å². The molecule has 0 saturated heterocycles. The first kappa shape index (κ1) is 35.3. The Hall–Kier alpha value is -3.52.